The van der Waals surface area contributed by atoms with Crippen LogP contribution in [0.3, 0.4) is 0 Å². The summed E-state index contributed by atoms with van der Waals surface area (Å²) < 4.78 is 12.1. The number of aromatic nitrogens is 2. The molecule has 158 valence electrons. The second kappa shape index (κ2) is 7.27. The van der Waals surface area contributed by atoms with Crippen LogP contribution in [0.25, 0.3) is 11.3 Å². The maximum absolute atomic E-state index is 13.6. The van der Waals surface area contributed by atoms with E-state index in [0.29, 0.717) is 23.7 Å². The van der Waals surface area contributed by atoms with E-state index in [1.54, 1.807) is 24.8 Å². The van der Waals surface area contributed by atoms with Crippen molar-refractivity contribution >= 4 is 11.6 Å². The summed E-state index contributed by atoms with van der Waals surface area (Å²) in [5.41, 5.74) is 1.93. The summed E-state index contributed by atoms with van der Waals surface area (Å²) in [5, 5.41) is 4.57. The maximum Gasteiger partial charge on any atom is 0.267 e. The molecule has 0 atom stereocenters. The molecule has 2 aromatic carbocycles. The van der Waals surface area contributed by atoms with E-state index in [2.05, 4.69) is 5.10 Å². The van der Waals surface area contributed by atoms with Gasteiger partial charge in [0.15, 0.2) is 11.5 Å². The Morgan fingerprint density at radius 3 is 2.71 bits per heavy atom. The molecule has 7 nitrogen and oxygen atoms in total. The highest BCUT2D eigenvalue weighted by Crippen LogP contribution is 2.35. The van der Waals surface area contributed by atoms with Crippen LogP contribution in [0.5, 0.6) is 11.5 Å². The van der Waals surface area contributed by atoms with Gasteiger partial charge in [-0.25, -0.2) is 4.68 Å². The number of aryl methyl sites for hydroxylation is 1. The van der Waals surface area contributed by atoms with Gasteiger partial charge in [-0.05, 0) is 62.6 Å². The summed E-state index contributed by atoms with van der Waals surface area (Å²) >= 11 is 0. The van der Waals surface area contributed by atoms with Crippen molar-refractivity contribution in [2.45, 2.75) is 32.2 Å². The number of nitrogens with zero attached hydrogens (tertiary/aromatic N) is 3. The second-order valence-electron chi connectivity index (χ2n) is 8.28. The summed E-state index contributed by atoms with van der Waals surface area (Å²) in [6, 6.07) is 16.5. The van der Waals surface area contributed by atoms with E-state index in [4.69, 9.17) is 9.47 Å². The zero-order valence-corrected chi connectivity index (χ0v) is 17.5. The largest absolute Gasteiger partial charge is 0.454 e. The highest BCUT2D eigenvalue weighted by Gasteiger charge is 2.38. The van der Waals surface area contributed by atoms with Gasteiger partial charge >= 0.3 is 0 Å². The number of para-hydroxylation sites is 1. The average Bonchev–Trinajstić information content (AvgIpc) is 3.26. The fourth-order valence-corrected chi connectivity index (χ4v) is 4.19. The van der Waals surface area contributed by atoms with E-state index in [9.17, 15) is 9.59 Å². The molecule has 1 aromatic heterocycles. The third kappa shape index (κ3) is 3.26. The Morgan fingerprint density at radius 2 is 1.84 bits per heavy atom. The fraction of sp³-hybridized carbons (Fsp3) is 0.292. The lowest BCUT2D eigenvalue weighted by Gasteiger charge is -2.36. The molecule has 0 radical (unpaired) electrons. The molecule has 5 rings (SSSR count). The van der Waals surface area contributed by atoms with Crippen LogP contribution >= 0.6 is 0 Å². The molecule has 7 heteroatoms. The predicted octanol–water partition coefficient (Wildman–Crippen LogP) is 3.35. The Kier molecular flexibility index (Phi) is 4.54. The lowest BCUT2D eigenvalue weighted by Crippen LogP contribution is -2.52. The first kappa shape index (κ1) is 19.4. The molecule has 2 aliphatic heterocycles. The number of hydrogen-bond acceptors (Lipinski definition) is 5. The van der Waals surface area contributed by atoms with Crippen LogP contribution < -0.4 is 19.9 Å². The van der Waals surface area contributed by atoms with Gasteiger partial charge in [0.25, 0.3) is 11.5 Å². The van der Waals surface area contributed by atoms with E-state index < -0.39 is 5.54 Å². The Balaban J connectivity index is 1.53. The molecule has 3 heterocycles. The lowest BCUT2D eigenvalue weighted by molar-refractivity contribution is -0.126. The molecule has 0 bridgehead atoms. The van der Waals surface area contributed by atoms with Crippen LogP contribution in [0.2, 0.25) is 0 Å². The number of amides is 1. The SMILES string of the molecule is CC(C)(C(=O)N1CCCc2ccccc21)n1nc(-c2ccc3c(c2)OCO3)ccc1=O. The molecule has 0 unspecified atom stereocenters. The molecular formula is C24H23N3O4. The Labute approximate surface area is 179 Å². The minimum absolute atomic E-state index is 0.155. The topological polar surface area (TPSA) is 73.7 Å². The minimum Gasteiger partial charge on any atom is -0.454 e. The van der Waals surface area contributed by atoms with Crippen LogP contribution in [0.4, 0.5) is 5.69 Å². The Morgan fingerprint density at radius 1 is 1.03 bits per heavy atom. The van der Waals surface area contributed by atoms with E-state index >= 15 is 0 Å². The van der Waals surface area contributed by atoms with Gasteiger partial charge in [-0.1, -0.05) is 18.2 Å². The molecule has 0 spiro atoms. The summed E-state index contributed by atoms with van der Waals surface area (Å²) in [6.07, 6.45) is 1.83. The van der Waals surface area contributed by atoms with Crippen molar-refractivity contribution in [1.82, 2.24) is 9.78 Å². The normalized spacial score (nSPS) is 15.0. The van der Waals surface area contributed by atoms with Gasteiger partial charge in [0.2, 0.25) is 6.79 Å². The molecule has 1 amide bonds. The first-order chi connectivity index (χ1) is 14.9. The standard InChI is InChI=1S/C24H23N3O4/c1-24(2,23(29)26-13-5-7-16-6-3-4-8-19(16)26)27-22(28)12-10-18(25-27)17-9-11-20-21(14-17)31-15-30-20/h3-4,6,8-12,14H,5,7,13,15H2,1-2H3. The Hall–Kier alpha value is -3.61. The zero-order chi connectivity index (χ0) is 21.6. The average molecular weight is 417 g/mol. The molecule has 2 aliphatic rings. The van der Waals surface area contributed by atoms with Gasteiger partial charge in [-0.2, -0.15) is 5.10 Å². The minimum atomic E-state index is -1.16. The third-order valence-corrected chi connectivity index (χ3v) is 5.88. The predicted molar refractivity (Wildman–Crippen MR) is 116 cm³/mol. The highest BCUT2D eigenvalue weighted by atomic mass is 16.7. The van der Waals surface area contributed by atoms with Gasteiger partial charge in [0.1, 0.15) is 5.54 Å². The van der Waals surface area contributed by atoms with E-state index in [-0.39, 0.29) is 18.3 Å². The van der Waals surface area contributed by atoms with E-state index in [0.717, 1.165) is 29.7 Å². The molecule has 0 aliphatic carbocycles. The zero-order valence-electron chi connectivity index (χ0n) is 17.5. The van der Waals surface area contributed by atoms with Crippen molar-refractivity contribution in [2.75, 3.05) is 18.2 Å². The summed E-state index contributed by atoms with van der Waals surface area (Å²) in [6.45, 7) is 4.29. The summed E-state index contributed by atoms with van der Waals surface area (Å²) in [5.74, 6) is 1.16. The van der Waals surface area contributed by atoms with Crippen molar-refractivity contribution in [3.05, 3.63) is 70.5 Å². The molecular weight excluding hydrogens is 394 g/mol. The first-order valence-corrected chi connectivity index (χ1v) is 10.4. The second-order valence-corrected chi connectivity index (χ2v) is 8.28. The maximum atomic E-state index is 13.6. The van der Waals surface area contributed by atoms with Crippen LogP contribution in [0.1, 0.15) is 25.8 Å². The van der Waals surface area contributed by atoms with Crippen molar-refractivity contribution in [2.24, 2.45) is 0 Å². The monoisotopic (exact) mass is 417 g/mol. The van der Waals surface area contributed by atoms with Crippen molar-refractivity contribution < 1.29 is 14.3 Å². The van der Waals surface area contributed by atoms with Crippen molar-refractivity contribution in [1.29, 1.82) is 0 Å². The molecule has 0 saturated heterocycles. The number of hydrogen-bond donors (Lipinski definition) is 0. The number of ether oxygens (including phenoxy) is 2. The van der Waals surface area contributed by atoms with Gasteiger partial charge < -0.3 is 14.4 Å². The number of fused-ring (bicyclic) bond motifs is 2. The molecule has 0 fully saturated rings. The number of anilines is 1. The summed E-state index contributed by atoms with van der Waals surface area (Å²) in [4.78, 5) is 28.2. The van der Waals surface area contributed by atoms with Crippen molar-refractivity contribution in [3.8, 4) is 22.8 Å². The van der Waals surface area contributed by atoms with E-state index in [1.165, 1.54) is 10.7 Å². The van der Waals surface area contributed by atoms with Crippen LogP contribution in [0.15, 0.2) is 59.4 Å². The van der Waals surface area contributed by atoms with Crippen LogP contribution in [0, 0.1) is 0 Å². The number of carbonyl (C=O) groups excluding carboxylic acids is 1. The smallest absolute Gasteiger partial charge is 0.267 e. The Bertz CT molecular complexity index is 1230. The number of benzene rings is 2. The van der Waals surface area contributed by atoms with Crippen LogP contribution in [-0.2, 0) is 16.8 Å². The van der Waals surface area contributed by atoms with Gasteiger partial charge in [-0.3, -0.25) is 9.59 Å². The quantitative estimate of drug-likeness (QED) is 0.653. The van der Waals surface area contributed by atoms with Gasteiger partial charge in [0, 0.05) is 23.9 Å². The first-order valence-electron chi connectivity index (χ1n) is 10.4. The molecule has 0 N–H and O–H groups in total. The van der Waals surface area contributed by atoms with Crippen molar-refractivity contribution in [3.63, 3.8) is 0 Å². The lowest BCUT2D eigenvalue weighted by atomic mass is 9.97. The van der Waals surface area contributed by atoms with Crippen LogP contribution in [-0.4, -0.2) is 29.0 Å². The third-order valence-electron chi connectivity index (χ3n) is 5.88. The summed E-state index contributed by atoms with van der Waals surface area (Å²) in [7, 11) is 0. The van der Waals surface area contributed by atoms with Gasteiger partial charge in [0.05, 0.1) is 5.69 Å². The highest BCUT2D eigenvalue weighted by molar-refractivity contribution is 5.99. The van der Waals surface area contributed by atoms with Gasteiger partial charge in [-0.15, -0.1) is 0 Å². The number of carbonyl (C=O) groups is 1. The number of rotatable bonds is 3. The fourth-order valence-electron chi connectivity index (χ4n) is 4.19. The molecule has 3 aromatic rings. The molecule has 31 heavy (non-hydrogen) atoms. The van der Waals surface area contributed by atoms with E-state index in [1.807, 2.05) is 42.5 Å². The molecule has 0 saturated carbocycles.